The molecule has 2 aliphatic carbocycles. The molecule has 3 aliphatic rings. The molecule has 0 amide bonds. The van der Waals surface area contributed by atoms with Crippen molar-refractivity contribution in [3.63, 3.8) is 0 Å². The topological polar surface area (TPSA) is 111 Å². The minimum Gasteiger partial charge on any atom is -0.465 e. The van der Waals surface area contributed by atoms with Crippen LogP contribution in [0.25, 0.3) is 0 Å². The summed E-state index contributed by atoms with van der Waals surface area (Å²) in [7, 11) is 0. The van der Waals surface area contributed by atoms with Gasteiger partial charge in [0.25, 0.3) is 0 Å². The van der Waals surface area contributed by atoms with E-state index in [1.54, 1.807) is 0 Å². The van der Waals surface area contributed by atoms with Crippen LogP contribution >= 0.6 is 0 Å². The largest absolute Gasteiger partial charge is 0.465 e. The molecule has 0 aromatic carbocycles. The molecule has 0 unspecified atom stereocenters. The summed E-state index contributed by atoms with van der Waals surface area (Å²) in [5.74, 6) is -0.739. The van der Waals surface area contributed by atoms with Gasteiger partial charge in [0.15, 0.2) is 0 Å². The van der Waals surface area contributed by atoms with Crippen LogP contribution in [0.2, 0.25) is 0 Å². The zero-order valence-electron chi connectivity index (χ0n) is 21.6. The lowest BCUT2D eigenvalue weighted by Gasteiger charge is -2.60. The number of aliphatic hydroxyl groups is 1. The van der Waals surface area contributed by atoms with E-state index in [0.29, 0.717) is 31.4 Å². The predicted octanol–water partition coefficient (Wildman–Crippen LogP) is 3.08. The summed E-state index contributed by atoms with van der Waals surface area (Å²) in [6, 6.07) is -0.209. The molecule has 0 radical (unpaired) electrons. The van der Waals surface area contributed by atoms with Gasteiger partial charge in [0.1, 0.15) is 19.3 Å². The smallest absolute Gasteiger partial charge is 0.335 e. The molecule has 0 aromatic rings. The third kappa shape index (κ3) is 5.80. The van der Waals surface area contributed by atoms with Crippen molar-refractivity contribution in [2.75, 3.05) is 26.4 Å². The van der Waals surface area contributed by atoms with Crippen molar-refractivity contribution >= 4 is 17.9 Å². The third-order valence-electron chi connectivity index (χ3n) is 8.54. The molecule has 0 aromatic heterocycles. The highest BCUT2D eigenvalue weighted by molar-refractivity contribution is 5.91. The Morgan fingerprint density at radius 1 is 1.29 bits per heavy atom. The quantitative estimate of drug-likeness (QED) is 0.208. The lowest BCUT2D eigenvalue weighted by molar-refractivity contribution is -0.191. The zero-order chi connectivity index (χ0) is 25.8. The number of carbonyl (C=O) groups is 3. The van der Waals surface area contributed by atoms with Crippen LogP contribution in [0, 0.1) is 22.7 Å². The van der Waals surface area contributed by atoms with E-state index >= 15 is 0 Å². The van der Waals surface area contributed by atoms with Crippen LogP contribution in [-0.2, 0) is 28.6 Å². The van der Waals surface area contributed by atoms with Crippen LogP contribution in [0.3, 0.4) is 0 Å². The summed E-state index contributed by atoms with van der Waals surface area (Å²) >= 11 is 0. The molecular formula is C27H41NO7. The Bertz CT molecular complexity index is 868. The van der Waals surface area contributed by atoms with Crippen molar-refractivity contribution in [1.82, 2.24) is 5.32 Å². The minimum absolute atomic E-state index is 0.0746. The number of allylic oxidation sites excluding steroid dienone is 1. The standard InChI is InChI=1S/C27H41NO7/c1-17-7-8-23-26(4,11-9-24(35-19(3)31)27(23,5)16-34-18(2)30)21(17)15-22(28-12-6-13-29)20-10-14-33-25(20)32/h10,21-24,28-29H,1,6-9,11-16H2,2-5H3/t21-,22+,23+,24-,26+,27+/m1/s1. The van der Waals surface area contributed by atoms with Gasteiger partial charge in [0.05, 0.1) is 5.57 Å². The van der Waals surface area contributed by atoms with E-state index in [2.05, 4.69) is 25.7 Å². The van der Waals surface area contributed by atoms with Crippen molar-refractivity contribution in [2.24, 2.45) is 22.7 Å². The van der Waals surface area contributed by atoms with Gasteiger partial charge >= 0.3 is 17.9 Å². The Hall–Kier alpha value is -2.19. The molecular weight excluding hydrogens is 450 g/mol. The Balaban J connectivity index is 1.92. The van der Waals surface area contributed by atoms with E-state index in [1.165, 1.54) is 13.8 Å². The highest BCUT2D eigenvalue weighted by Crippen LogP contribution is 2.62. The highest BCUT2D eigenvalue weighted by Gasteiger charge is 2.59. The summed E-state index contributed by atoms with van der Waals surface area (Å²) in [4.78, 5) is 36.1. The summed E-state index contributed by atoms with van der Waals surface area (Å²) in [6.07, 6.45) is 5.97. The molecule has 1 aliphatic heterocycles. The lowest BCUT2D eigenvalue weighted by Crippen LogP contribution is -2.59. The second kappa shape index (κ2) is 11.2. The number of hydrogen-bond donors (Lipinski definition) is 2. The van der Waals surface area contributed by atoms with Crippen molar-refractivity contribution in [3.8, 4) is 0 Å². The minimum atomic E-state index is -0.533. The van der Waals surface area contributed by atoms with Crippen molar-refractivity contribution < 1.29 is 33.7 Å². The fraction of sp³-hybridized carbons (Fsp3) is 0.741. The first kappa shape index (κ1) is 27.4. The van der Waals surface area contributed by atoms with E-state index in [4.69, 9.17) is 14.2 Å². The van der Waals surface area contributed by atoms with Crippen LogP contribution in [0.5, 0.6) is 0 Å². The van der Waals surface area contributed by atoms with Gasteiger partial charge in [-0.05, 0) is 68.4 Å². The second-order valence-corrected chi connectivity index (χ2v) is 10.8. The maximum absolute atomic E-state index is 12.4. The van der Waals surface area contributed by atoms with Gasteiger partial charge in [-0.1, -0.05) is 26.0 Å². The fourth-order valence-corrected chi connectivity index (χ4v) is 6.82. The van der Waals surface area contributed by atoms with Crippen LogP contribution in [-0.4, -0.2) is 61.5 Å². The number of nitrogens with one attached hydrogen (secondary N) is 1. The molecule has 1 heterocycles. The van der Waals surface area contributed by atoms with E-state index < -0.39 is 5.41 Å². The molecule has 0 spiro atoms. The van der Waals surface area contributed by atoms with Crippen molar-refractivity contribution in [2.45, 2.75) is 78.4 Å². The number of carbonyl (C=O) groups excluding carboxylic acids is 3. The molecule has 35 heavy (non-hydrogen) atoms. The number of cyclic esters (lactones) is 1. The Morgan fingerprint density at radius 3 is 2.63 bits per heavy atom. The first-order valence-electron chi connectivity index (χ1n) is 12.7. The van der Waals surface area contributed by atoms with Gasteiger partial charge in [-0.15, -0.1) is 0 Å². The number of ether oxygens (including phenoxy) is 3. The molecule has 3 rings (SSSR count). The van der Waals surface area contributed by atoms with Gasteiger partial charge in [0, 0.05) is 31.9 Å². The molecule has 2 N–H and O–H groups in total. The van der Waals surface area contributed by atoms with Gasteiger partial charge in [0.2, 0.25) is 0 Å². The highest BCUT2D eigenvalue weighted by atomic mass is 16.6. The molecule has 8 heteroatoms. The first-order valence-corrected chi connectivity index (χ1v) is 12.7. The maximum atomic E-state index is 12.4. The first-order chi connectivity index (χ1) is 16.5. The monoisotopic (exact) mass is 491 g/mol. The van der Waals surface area contributed by atoms with Crippen LogP contribution in [0.4, 0.5) is 0 Å². The summed E-state index contributed by atoms with van der Waals surface area (Å²) < 4.78 is 16.5. The van der Waals surface area contributed by atoms with Gasteiger partial charge in [-0.25, -0.2) is 4.79 Å². The molecule has 0 bridgehead atoms. The summed E-state index contributed by atoms with van der Waals surface area (Å²) in [5.41, 5.74) is 1.08. The third-order valence-corrected chi connectivity index (χ3v) is 8.54. The van der Waals surface area contributed by atoms with Crippen LogP contribution in [0.1, 0.15) is 66.2 Å². The fourth-order valence-electron chi connectivity index (χ4n) is 6.82. The number of fused-ring (bicyclic) bond motifs is 1. The average molecular weight is 492 g/mol. The van der Waals surface area contributed by atoms with Gasteiger partial charge < -0.3 is 24.6 Å². The Labute approximate surface area is 208 Å². The number of aliphatic hydroxyl groups excluding tert-OH is 1. The number of rotatable bonds is 10. The molecule has 8 nitrogen and oxygen atoms in total. The van der Waals surface area contributed by atoms with Crippen LogP contribution in [0.15, 0.2) is 23.8 Å². The van der Waals surface area contributed by atoms with Crippen molar-refractivity contribution in [3.05, 3.63) is 23.8 Å². The van der Waals surface area contributed by atoms with Crippen molar-refractivity contribution in [1.29, 1.82) is 0 Å². The lowest BCUT2D eigenvalue weighted by atomic mass is 9.46. The zero-order valence-corrected chi connectivity index (χ0v) is 21.6. The molecule has 2 fully saturated rings. The van der Waals surface area contributed by atoms with E-state index in [9.17, 15) is 19.5 Å². The van der Waals surface area contributed by atoms with E-state index in [-0.39, 0.29) is 67.1 Å². The van der Waals surface area contributed by atoms with Gasteiger partial charge in [-0.3, -0.25) is 9.59 Å². The normalized spacial score (nSPS) is 33.4. The Morgan fingerprint density at radius 2 is 2.03 bits per heavy atom. The maximum Gasteiger partial charge on any atom is 0.335 e. The predicted molar refractivity (Wildman–Crippen MR) is 130 cm³/mol. The van der Waals surface area contributed by atoms with E-state index in [0.717, 1.165) is 24.8 Å². The average Bonchev–Trinajstić information content (AvgIpc) is 3.21. The number of hydrogen-bond acceptors (Lipinski definition) is 8. The second-order valence-electron chi connectivity index (χ2n) is 10.8. The SMILES string of the molecule is C=C1CC[C@@H]2[C@](C)(COC(C)=O)[C@H](OC(C)=O)CC[C@@]2(C)[C@@H]1C[C@H](NCCCO)C1=CCOC1=O. The molecule has 196 valence electrons. The molecule has 0 saturated heterocycles. The molecule has 6 atom stereocenters. The van der Waals surface area contributed by atoms with E-state index in [1.807, 2.05) is 6.08 Å². The Kier molecular flexibility index (Phi) is 8.81. The summed E-state index contributed by atoms with van der Waals surface area (Å²) in [5, 5.41) is 12.7. The van der Waals surface area contributed by atoms with Crippen LogP contribution < -0.4 is 5.32 Å². The molecule has 2 saturated carbocycles. The summed E-state index contributed by atoms with van der Waals surface area (Å²) in [6.45, 7) is 12.7. The number of esters is 3. The van der Waals surface area contributed by atoms with Gasteiger partial charge in [-0.2, -0.15) is 0 Å².